The molecule has 0 spiro atoms. The molecule has 4 bridgehead atoms. The average molecular weight is 335 g/mol. The lowest BCUT2D eigenvalue weighted by molar-refractivity contribution is -0.00222. The van der Waals surface area contributed by atoms with Crippen LogP contribution in [0.2, 0.25) is 0 Å². The maximum Gasteiger partial charge on any atom is 0.258 e. The van der Waals surface area contributed by atoms with Crippen LogP contribution in [0.15, 0.2) is 16.9 Å². The molecule has 4 heteroatoms. The first-order valence-electron chi connectivity index (χ1n) is 9.96. The zero-order chi connectivity index (χ0) is 16.7. The van der Waals surface area contributed by atoms with E-state index in [1.165, 1.54) is 43.4 Å². The number of rotatable bonds is 1. The van der Waals surface area contributed by atoms with Crippen LogP contribution in [0.4, 0.5) is 5.69 Å². The third kappa shape index (κ3) is 2.00. The minimum Gasteiger partial charge on any atom is -0.367 e. The molecule has 1 aromatic carbocycles. The second-order valence-electron chi connectivity index (χ2n) is 9.01. The Kier molecular flexibility index (Phi) is 2.79. The van der Waals surface area contributed by atoms with Gasteiger partial charge in [-0.25, -0.2) is 4.98 Å². The zero-order valence-corrected chi connectivity index (χ0v) is 14.8. The van der Waals surface area contributed by atoms with Gasteiger partial charge in [0.2, 0.25) is 0 Å². The van der Waals surface area contributed by atoms with Gasteiger partial charge in [-0.05, 0) is 86.8 Å². The number of nitrogens with one attached hydrogen (secondary N) is 1. The van der Waals surface area contributed by atoms with Gasteiger partial charge in [-0.2, -0.15) is 0 Å². The SMILES string of the molecule is Cc1nc2cc3c(cc2c(=O)[nH]1)N(C1C2CC4CC(C2)CC1C4)CC3. The topological polar surface area (TPSA) is 49.0 Å². The Morgan fingerprint density at radius 2 is 1.80 bits per heavy atom. The molecule has 0 atom stereocenters. The van der Waals surface area contributed by atoms with Gasteiger partial charge in [0, 0.05) is 18.3 Å². The molecular weight excluding hydrogens is 310 g/mol. The van der Waals surface area contributed by atoms with Crippen molar-refractivity contribution >= 4 is 16.6 Å². The standard InChI is InChI=1S/C21H25N3O/c1-11-22-18-9-14-2-3-24(19(14)10-17(18)21(25)23-11)20-15-5-12-4-13(7-15)8-16(20)6-12/h9-10,12-13,15-16,20H,2-8H2,1H3,(H,22,23,25). The molecule has 0 amide bonds. The Morgan fingerprint density at radius 3 is 2.52 bits per heavy atom. The fourth-order valence-electron chi connectivity index (χ4n) is 6.88. The van der Waals surface area contributed by atoms with Crippen molar-refractivity contribution in [1.82, 2.24) is 9.97 Å². The van der Waals surface area contributed by atoms with Crippen molar-refractivity contribution in [3.8, 4) is 0 Å². The van der Waals surface area contributed by atoms with Gasteiger partial charge in [0.1, 0.15) is 5.82 Å². The van der Waals surface area contributed by atoms with Gasteiger partial charge >= 0.3 is 0 Å². The summed E-state index contributed by atoms with van der Waals surface area (Å²) in [6.07, 6.45) is 8.37. The van der Waals surface area contributed by atoms with E-state index in [2.05, 4.69) is 27.0 Å². The van der Waals surface area contributed by atoms with E-state index in [0.29, 0.717) is 11.9 Å². The molecule has 2 heterocycles. The molecule has 0 saturated heterocycles. The van der Waals surface area contributed by atoms with Crippen molar-refractivity contribution in [3.63, 3.8) is 0 Å². The summed E-state index contributed by atoms with van der Waals surface area (Å²) in [7, 11) is 0. The minimum atomic E-state index is 0.00207. The van der Waals surface area contributed by atoms with Crippen LogP contribution in [-0.2, 0) is 6.42 Å². The normalized spacial score (nSPS) is 35.6. The van der Waals surface area contributed by atoms with Crippen molar-refractivity contribution < 1.29 is 0 Å². The van der Waals surface area contributed by atoms with E-state index >= 15 is 0 Å². The van der Waals surface area contributed by atoms with E-state index in [4.69, 9.17) is 0 Å². The largest absolute Gasteiger partial charge is 0.367 e. The molecule has 0 radical (unpaired) electrons. The molecule has 130 valence electrons. The molecule has 1 aromatic heterocycles. The smallest absolute Gasteiger partial charge is 0.258 e. The Morgan fingerprint density at radius 1 is 1.08 bits per heavy atom. The maximum absolute atomic E-state index is 12.4. The fraction of sp³-hybridized carbons (Fsp3) is 0.619. The number of anilines is 1. The maximum atomic E-state index is 12.4. The molecular formula is C21H25N3O. The number of nitrogens with zero attached hydrogens (tertiary/aromatic N) is 2. The van der Waals surface area contributed by atoms with Crippen LogP contribution in [0.5, 0.6) is 0 Å². The van der Waals surface area contributed by atoms with Crippen molar-refractivity contribution in [2.24, 2.45) is 23.7 Å². The number of aryl methyl sites for hydroxylation is 1. The van der Waals surface area contributed by atoms with E-state index in [-0.39, 0.29) is 5.56 Å². The summed E-state index contributed by atoms with van der Waals surface area (Å²) in [6.45, 7) is 2.98. The molecule has 4 fully saturated rings. The number of fused-ring (bicyclic) bond motifs is 2. The van der Waals surface area contributed by atoms with Crippen molar-refractivity contribution in [1.29, 1.82) is 0 Å². The number of aromatic nitrogens is 2. The van der Waals surface area contributed by atoms with Crippen LogP contribution < -0.4 is 10.5 Å². The van der Waals surface area contributed by atoms with Gasteiger partial charge in [-0.1, -0.05) is 0 Å². The van der Waals surface area contributed by atoms with Crippen LogP contribution >= 0.6 is 0 Å². The van der Waals surface area contributed by atoms with Gasteiger partial charge in [0.05, 0.1) is 10.9 Å². The minimum absolute atomic E-state index is 0.00207. The summed E-state index contributed by atoms with van der Waals surface area (Å²) in [5.41, 5.74) is 3.56. The molecule has 4 nitrogen and oxygen atoms in total. The first-order chi connectivity index (χ1) is 12.2. The Bertz CT molecular complexity index is 903. The number of hydrogen-bond donors (Lipinski definition) is 1. The van der Waals surface area contributed by atoms with Gasteiger partial charge in [0.15, 0.2) is 0 Å². The Balaban J connectivity index is 1.45. The lowest BCUT2D eigenvalue weighted by Crippen LogP contribution is -2.55. The summed E-state index contributed by atoms with van der Waals surface area (Å²) in [5.74, 6) is 4.48. The molecule has 2 aromatic rings. The van der Waals surface area contributed by atoms with Gasteiger partial charge in [0.25, 0.3) is 5.56 Å². The predicted octanol–water partition coefficient (Wildman–Crippen LogP) is 3.42. The summed E-state index contributed by atoms with van der Waals surface area (Å²) in [5, 5.41) is 0.750. The third-order valence-corrected chi connectivity index (χ3v) is 7.49. The van der Waals surface area contributed by atoms with E-state index < -0.39 is 0 Å². The van der Waals surface area contributed by atoms with E-state index in [9.17, 15) is 4.79 Å². The first-order valence-corrected chi connectivity index (χ1v) is 9.96. The summed E-state index contributed by atoms with van der Waals surface area (Å²) in [6, 6.07) is 5.01. The number of aromatic amines is 1. The van der Waals surface area contributed by atoms with E-state index in [1.54, 1.807) is 0 Å². The van der Waals surface area contributed by atoms with Gasteiger partial charge in [-0.3, -0.25) is 4.79 Å². The number of hydrogen-bond acceptors (Lipinski definition) is 3. The Labute approximate surface area is 147 Å². The van der Waals surface area contributed by atoms with Gasteiger partial charge in [-0.15, -0.1) is 0 Å². The summed E-state index contributed by atoms with van der Waals surface area (Å²) in [4.78, 5) is 22.5. The molecule has 1 aliphatic heterocycles. The van der Waals surface area contributed by atoms with Gasteiger partial charge < -0.3 is 9.88 Å². The number of H-pyrrole nitrogens is 1. The summed E-state index contributed by atoms with van der Waals surface area (Å²) >= 11 is 0. The monoisotopic (exact) mass is 335 g/mol. The molecule has 0 unspecified atom stereocenters. The van der Waals surface area contributed by atoms with Crippen molar-refractivity contribution in [2.45, 2.75) is 51.5 Å². The second-order valence-corrected chi connectivity index (χ2v) is 9.01. The highest BCUT2D eigenvalue weighted by Crippen LogP contribution is 2.56. The van der Waals surface area contributed by atoms with Crippen LogP contribution in [0.3, 0.4) is 0 Å². The lowest BCUT2D eigenvalue weighted by atomic mass is 9.54. The summed E-state index contributed by atoms with van der Waals surface area (Å²) < 4.78 is 0. The first kappa shape index (κ1) is 14.3. The van der Waals surface area contributed by atoms with E-state index in [0.717, 1.165) is 47.5 Å². The zero-order valence-electron chi connectivity index (χ0n) is 14.8. The molecule has 25 heavy (non-hydrogen) atoms. The molecule has 7 rings (SSSR count). The molecule has 4 aliphatic carbocycles. The van der Waals surface area contributed by atoms with Crippen LogP contribution in [-0.4, -0.2) is 22.6 Å². The predicted molar refractivity (Wildman–Crippen MR) is 99.0 cm³/mol. The average Bonchev–Trinajstić information content (AvgIpc) is 2.95. The molecule has 1 N–H and O–H groups in total. The highest BCUT2D eigenvalue weighted by atomic mass is 16.1. The van der Waals surface area contributed by atoms with Crippen molar-refractivity contribution in [3.05, 3.63) is 33.9 Å². The highest BCUT2D eigenvalue weighted by Gasteiger charge is 2.50. The second kappa shape index (κ2) is 4.87. The molecule has 4 saturated carbocycles. The fourth-order valence-corrected chi connectivity index (χ4v) is 6.88. The highest BCUT2D eigenvalue weighted by molar-refractivity contribution is 5.84. The van der Waals surface area contributed by atoms with Crippen molar-refractivity contribution in [2.75, 3.05) is 11.4 Å². The van der Waals surface area contributed by atoms with Crippen LogP contribution in [0, 0.1) is 30.6 Å². The van der Waals surface area contributed by atoms with Crippen LogP contribution in [0.1, 0.15) is 43.5 Å². The third-order valence-electron chi connectivity index (χ3n) is 7.49. The Hall–Kier alpha value is -1.84. The molecule has 5 aliphatic rings. The lowest BCUT2D eigenvalue weighted by Gasteiger charge is -2.57. The number of benzene rings is 1. The van der Waals surface area contributed by atoms with E-state index in [1.807, 2.05) is 6.92 Å². The quantitative estimate of drug-likeness (QED) is 0.869. The van der Waals surface area contributed by atoms with Crippen LogP contribution in [0.25, 0.3) is 10.9 Å².